The summed E-state index contributed by atoms with van der Waals surface area (Å²) in [6, 6.07) is 17.4. The number of nitrogens with one attached hydrogen (secondary N) is 1. The molecule has 0 spiro atoms. The van der Waals surface area contributed by atoms with Crippen LogP contribution < -0.4 is 5.32 Å². The van der Waals surface area contributed by atoms with Gasteiger partial charge in [-0.25, -0.2) is 4.98 Å². The Bertz CT molecular complexity index is 1280. The van der Waals surface area contributed by atoms with Gasteiger partial charge in [-0.3, -0.25) is 14.0 Å². The molecule has 2 aromatic carbocycles. The Balaban J connectivity index is 1.54. The lowest BCUT2D eigenvalue weighted by atomic mass is 9.97. The molecule has 2 aromatic heterocycles. The molecule has 0 bridgehead atoms. The number of benzene rings is 2. The predicted molar refractivity (Wildman–Crippen MR) is 133 cm³/mol. The van der Waals surface area contributed by atoms with E-state index in [0.717, 1.165) is 16.1 Å². The summed E-state index contributed by atoms with van der Waals surface area (Å²) in [4.78, 5) is 33.5. The van der Waals surface area contributed by atoms with Crippen molar-refractivity contribution in [2.45, 2.75) is 26.8 Å². The van der Waals surface area contributed by atoms with Gasteiger partial charge in [-0.2, -0.15) is 0 Å². The monoisotopic (exact) mass is 460 g/mol. The number of thiazole rings is 1. The number of rotatable bonds is 7. The molecule has 33 heavy (non-hydrogen) atoms. The van der Waals surface area contributed by atoms with Gasteiger partial charge in [0.25, 0.3) is 11.8 Å². The van der Waals surface area contributed by atoms with Gasteiger partial charge in [-0.15, -0.1) is 11.3 Å². The maximum Gasteiger partial charge on any atom is 0.270 e. The minimum Gasteiger partial charge on any atom is -0.349 e. The molecular weight excluding hydrogens is 432 g/mol. The van der Waals surface area contributed by atoms with Gasteiger partial charge in [0.2, 0.25) is 0 Å². The standard InChI is InChI=1S/C26H28N4O2S/c1-17(2)22(16-27-24(31)23-18(3)28-26-30(23)14-15-33-26)29(4)25(32)21-13-9-8-12-20(21)19-10-6-5-7-11-19/h5-15,17,22H,16H2,1-4H3,(H,27,31)/t22-/m0/s1. The van der Waals surface area contributed by atoms with E-state index >= 15 is 0 Å². The van der Waals surface area contributed by atoms with Crippen molar-refractivity contribution in [3.63, 3.8) is 0 Å². The van der Waals surface area contributed by atoms with Crippen LogP contribution in [0.15, 0.2) is 66.2 Å². The summed E-state index contributed by atoms with van der Waals surface area (Å²) in [5, 5.41) is 4.94. The number of aryl methyl sites for hydroxylation is 1. The van der Waals surface area contributed by atoms with Gasteiger partial charge in [0.15, 0.2) is 4.96 Å². The molecule has 4 aromatic rings. The first kappa shape index (κ1) is 22.7. The number of imidazole rings is 1. The van der Waals surface area contributed by atoms with Gasteiger partial charge in [-0.05, 0) is 30.0 Å². The van der Waals surface area contributed by atoms with Crippen molar-refractivity contribution < 1.29 is 9.59 Å². The Morgan fingerprint density at radius 2 is 1.79 bits per heavy atom. The third-order valence-electron chi connectivity index (χ3n) is 5.95. The van der Waals surface area contributed by atoms with Gasteiger partial charge >= 0.3 is 0 Å². The topological polar surface area (TPSA) is 66.7 Å². The van der Waals surface area contributed by atoms with Gasteiger partial charge in [-0.1, -0.05) is 62.4 Å². The summed E-state index contributed by atoms with van der Waals surface area (Å²) in [5.74, 6) is -0.103. The molecule has 1 atom stereocenters. The van der Waals surface area contributed by atoms with Crippen molar-refractivity contribution in [2.75, 3.05) is 13.6 Å². The molecule has 2 amide bonds. The zero-order chi connectivity index (χ0) is 23.5. The first-order valence-electron chi connectivity index (χ1n) is 11.0. The number of likely N-dealkylation sites (N-methyl/N-ethyl adjacent to an activating group) is 1. The van der Waals surface area contributed by atoms with Crippen molar-refractivity contribution in [1.29, 1.82) is 0 Å². The second-order valence-electron chi connectivity index (χ2n) is 8.45. The Morgan fingerprint density at radius 1 is 1.09 bits per heavy atom. The molecule has 0 radical (unpaired) electrons. The number of hydrogen-bond acceptors (Lipinski definition) is 4. The number of nitrogens with zero attached hydrogens (tertiary/aromatic N) is 3. The fourth-order valence-electron chi connectivity index (χ4n) is 4.15. The summed E-state index contributed by atoms with van der Waals surface area (Å²) >= 11 is 1.49. The summed E-state index contributed by atoms with van der Waals surface area (Å²) in [6.07, 6.45) is 1.85. The van der Waals surface area contributed by atoms with E-state index in [1.807, 2.05) is 84.5 Å². The van der Waals surface area contributed by atoms with E-state index in [0.29, 0.717) is 23.5 Å². The third kappa shape index (κ3) is 4.54. The zero-order valence-corrected chi connectivity index (χ0v) is 20.1. The van der Waals surface area contributed by atoms with E-state index in [4.69, 9.17) is 0 Å². The van der Waals surface area contributed by atoms with Crippen molar-refractivity contribution in [1.82, 2.24) is 19.6 Å². The first-order chi connectivity index (χ1) is 15.9. The molecule has 170 valence electrons. The number of aromatic nitrogens is 2. The van der Waals surface area contributed by atoms with Crippen LogP contribution in [0.2, 0.25) is 0 Å². The fraction of sp³-hybridized carbons (Fsp3) is 0.269. The second kappa shape index (κ2) is 9.58. The van der Waals surface area contributed by atoms with Crippen molar-refractivity contribution in [3.8, 4) is 11.1 Å². The molecule has 0 aliphatic heterocycles. The van der Waals surface area contributed by atoms with E-state index in [1.54, 1.807) is 4.90 Å². The number of carbonyl (C=O) groups excluding carboxylic acids is 2. The van der Waals surface area contributed by atoms with E-state index in [9.17, 15) is 9.59 Å². The summed E-state index contributed by atoms with van der Waals surface area (Å²) < 4.78 is 1.81. The van der Waals surface area contributed by atoms with Gasteiger partial charge < -0.3 is 10.2 Å². The van der Waals surface area contributed by atoms with Crippen LogP contribution in [0.4, 0.5) is 0 Å². The normalized spacial score (nSPS) is 12.2. The van der Waals surface area contributed by atoms with Crippen LogP contribution in [0, 0.1) is 12.8 Å². The molecule has 0 aliphatic carbocycles. The van der Waals surface area contributed by atoms with Crippen LogP contribution in [-0.2, 0) is 0 Å². The highest BCUT2D eigenvalue weighted by atomic mass is 32.1. The Morgan fingerprint density at radius 3 is 2.52 bits per heavy atom. The first-order valence-corrected chi connectivity index (χ1v) is 11.9. The lowest BCUT2D eigenvalue weighted by molar-refractivity contribution is 0.0675. The molecule has 0 saturated carbocycles. The quantitative estimate of drug-likeness (QED) is 0.427. The number of amides is 2. The molecule has 2 heterocycles. The van der Waals surface area contributed by atoms with Gasteiger partial charge in [0.05, 0.1) is 11.7 Å². The lowest BCUT2D eigenvalue weighted by Crippen LogP contribution is -2.48. The van der Waals surface area contributed by atoms with E-state index in [1.165, 1.54) is 11.3 Å². The Kier molecular flexibility index (Phi) is 6.60. The molecule has 7 heteroatoms. The van der Waals surface area contributed by atoms with Gasteiger partial charge in [0.1, 0.15) is 5.69 Å². The molecule has 0 aliphatic rings. The minimum absolute atomic E-state index is 0.0665. The Labute approximate surface area is 197 Å². The molecule has 0 fully saturated rings. The highest BCUT2D eigenvalue weighted by Crippen LogP contribution is 2.25. The zero-order valence-electron chi connectivity index (χ0n) is 19.3. The van der Waals surface area contributed by atoms with E-state index < -0.39 is 0 Å². The lowest BCUT2D eigenvalue weighted by Gasteiger charge is -2.32. The van der Waals surface area contributed by atoms with Crippen molar-refractivity contribution >= 4 is 28.1 Å². The number of hydrogen-bond donors (Lipinski definition) is 1. The predicted octanol–water partition coefficient (Wildman–Crippen LogP) is 4.90. The maximum absolute atomic E-state index is 13.6. The minimum atomic E-state index is -0.186. The van der Waals surface area contributed by atoms with Crippen LogP contribution in [0.5, 0.6) is 0 Å². The average molecular weight is 461 g/mol. The smallest absolute Gasteiger partial charge is 0.270 e. The molecule has 1 N–H and O–H groups in total. The fourth-order valence-corrected chi connectivity index (χ4v) is 4.91. The number of carbonyl (C=O) groups is 2. The van der Waals surface area contributed by atoms with Gasteiger partial charge in [0, 0.05) is 30.7 Å². The molecule has 0 saturated heterocycles. The summed E-state index contributed by atoms with van der Waals surface area (Å²) in [6.45, 7) is 6.31. The van der Waals surface area contributed by atoms with Crippen LogP contribution in [0.1, 0.15) is 40.4 Å². The highest BCUT2D eigenvalue weighted by Gasteiger charge is 2.27. The largest absolute Gasteiger partial charge is 0.349 e. The number of fused-ring (bicyclic) bond motifs is 1. The van der Waals surface area contributed by atoms with Crippen LogP contribution in [0.3, 0.4) is 0 Å². The van der Waals surface area contributed by atoms with Crippen LogP contribution in [-0.4, -0.2) is 45.7 Å². The van der Waals surface area contributed by atoms with Crippen molar-refractivity contribution in [3.05, 3.63) is 83.1 Å². The highest BCUT2D eigenvalue weighted by molar-refractivity contribution is 7.15. The third-order valence-corrected chi connectivity index (χ3v) is 6.71. The SMILES string of the molecule is Cc1nc2sccn2c1C(=O)NC[C@@H](C(C)C)N(C)C(=O)c1ccccc1-c1ccccc1. The average Bonchev–Trinajstić information content (AvgIpc) is 3.38. The molecular formula is C26H28N4O2S. The maximum atomic E-state index is 13.6. The van der Waals surface area contributed by atoms with Crippen molar-refractivity contribution in [2.24, 2.45) is 5.92 Å². The Hall–Kier alpha value is -3.45. The molecule has 6 nitrogen and oxygen atoms in total. The van der Waals surface area contributed by atoms with E-state index in [-0.39, 0.29) is 23.8 Å². The van der Waals surface area contributed by atoms with Crippen LogP contribution in [0.25, 0.3) is 16.1 Å². The molecule has 0 unspecified atom stereocenters. The summed E-state index contributed by atoms with van der Waals surface area (Å²) in [5.41, 5.74) is 3.78. The second-order valence-corrected chi connectivity index (χ2v) is 9.32. The van der Waals surface area contributed by atoms with E-state index in [2.05, 4.69) is 24.1 Å². The summed E-state index contributed by atoms with van der Waals surface area (Å²) in [7, 11) is 1.81. The molecule has 4 rings (SSSR count). The van der Waals surface area contributed by atoms with Crippen LogP contribution >= 0.6 is 11.3 Å².